The van der Waals surface area contributed by atoms with E-state index in [2.05, 4.69) is 16.4 Å². The minimum Gasteiger partial charge on any atom is -0.398 e. The molecule has 0 atom stereocenters. The third-order valence-electron chi connectivity index (χ3n) is 2.95. The Morgan fingerprint density at radius 1 is 1.40 bits per heavy atom. The van der Waals surface area contributed by atoms with Gasteiger partial charge in [-0.1, -0.05) is 12.1 Å². The number of benzene rings is 1. The van der Waals surface area contributed by atoms with Gasteiger partial charge >= 0.3 is 0 Å². The molecule has 0 aliphatic rings. The van der Waals surface area contributed by atoms with Crippen LogP contribution >= 0.6 is 0 Å². The molecule has 0 spiro atoms. The standard InChI is InChI=1S/C15H14N4O/c1-9-4-3-5-14(11(9)7-16)19-15(20)12-8-18-10(2)6-13(12)17/h3-6,8H,1-2H3,(H2,17,18)(H,19,20). The van der Waals surface area contributed by atoms with Crippen LogP contribution < -0.4 is 11.1 Å². The topological polar surface area (TPSA) is 91.8 Å². The summed E-state index contributed by atoms with van der Waals surface area (Å²) < 4.78 is 0. The number of amides is 1. The highest BCUT2D eigenvalue weighted by atomic mass is 16.1. The lowest BCUT2D eigenvalue weighted by atomic mass is 10.1. The van der Waals surface area contributed by atoms with Gasteiger partial charge in [0, 0.05) is 17.6 Å². The predicted octanol–water partition coefficient (Wildman–Crippen LogP) is 2.40. The van der Waals surface area contributed by atoms with E-state index in [-0.39, 0.29) is 5.91 Å². The minimum absolute atomic E-state index is 0.293. The number of nitrogens with two attached hydrogens (primary N) is 1. The van der Waals surface area contributed by atoms with Crippen LogP contribution in [-0.2, 0) is 0 Å². The molecule has 3 N–H and O–H groups in total. The maximum absolute atomic E-state index is 12.2. The Hall–Kier alpha value is -2.87. The SMILES string of the molecule is Cc1cc(N)c(C(=O)Nc2cccc(C)c2C#N)cn1. The molecule has 0 bridgehead atoms. The zero-order valence-corrected chi connectivity index (χ0v) is 11.3. The van der Waals surface area contributed by atoms with Crippen molar-refractivity contribution in [1.82, 2.24) is 4.98 Å². The van der Waals surface area contributed by atoms with Crippen molar-refractivity contribution in [1.29, 1.82) is 5.26 Å². The number of hydrogen-bond acceptors (Lipinski definition) is 4. The van der Waals surface area contributed by atoms with Crippen LogP contribution in [0.2, 0.25) is 0 Å². The van der Waals surface area contributed by atoms with Crippen LogP contribution in [0.25, 0.3) is 0 Å². The number of carbonyl (C=O) groups is 1. The lowest BCUT2D eigenvalue weighted by Crippen LogP contribution is -2.15. The third-order valence-corrected chi connectivity index (χ3v) is 2.95. The van der Waals surface area contributed by atoms with Gasteiger partial charge < -0.3 is 11.1 Å². The fourth-order valence-electron chi connectivity index (χ4n) is 1.88. The molecule has 5 heteroatoms. The summed E-state index contributed by atoms with van der Waals surface area (Å²) in [4.78, 5) is 16.2. The highest BCUT2D eigenvalue weighted by molar-refractivity contribution is 6.08. The van der Waals surface area contributed by atoms with Gasteiger partial charge in [0.2, 0.25) is 0 Å². The number of nitrogens with zero attached hydrogens (tertiary/aromatic N) is 2. The summed E-state index contributed by atoms with van der Waals surface area (Å²) in [5, 5.41) is 11.8. The van der Waals surface area contributed by atoms with E-state index in [1.54, 1.807) is 25.1 Å². The van der Waals surface area contributed by atoms with Crippen molar-refractivity contribution in [3.63, 3.8) is 0 Å². The Balaban J connectivity index is 2.33. The summed E-state index contributed by atoms with van der Waals surface area (Å²) in [5.41, 5.74) is 8.93. The summed E-state index contributed by atoms with van der Waals surface area (Å²) in [6, 6.07) is 9.00. The second kappa shape index (κ2) is 5.41. The van der Waals surface area contributed by atoms with Crippen LogP contribution in [0.3, 0.4) is 0 Å². The minimum atomic E-state index is -0.378. The lowest BCUT2D eigenvalue weighted by Gasteiger charge is -2.10. The highest BCUT2D eigenvalue weighted by Crippen LogP contribution is 2.20. The monoisotopic (exact) mass is 266 g/mol. The quantitative estimate of drug-likeness (QED) is 0.873. The molecule has 0 radical (unpaired) electrons. The van der Waals surface area contributed by atoms with Gasteiger partial charge in [-0.05, 0) is 31.5 Å². The van der Waals surface area contributed by atoms with Crippen molar-refractivity contribution >= 4 is 17.3 Å². The van der Waals surface area contributed by atoms with E-state index >= 15 is 0 Å². The van der Waals surface area contributed by atoms with E-state index in [1.807, 2.05) is 13.0 Å². The molecule has 1 aromatic heterocycles. The Labute approximate surface area is 117 Å². The Morgan fingerprint density at radius 3 is 2.80 bits per heavy atom. The van der Waals surface area contributed by atoms with E-state index in [9.17, 15) is 4.79 Å². The van der Waals surface area contributed by atoms with E-state index < -0.39 is 0 Å². The first-order chi connectivity index (χ1) is 9.52. The summed E-state index contributed by atoms with van der Waals surface area (Å²) in [7, 11) is 0. The van der Waals surface area contributed by atoms with E-state index in [0.29, 0.717) is 22.5 Å². The first-order valence-corrected chi connectivity index (χ1v) is 6.06. The molecule has 2 rings (SSSR count). The van der Waals surface area contributed by atoms with Crippen molar-refractivity contribution < 1.29 is 4.79 Å². The smallest absolute Gasteiger partial charge is 0.259 e. The molecule has 20 heavy (non-hydrogen) atoms. The van der Waals surface area contributed by atoms with Crippen molar-refractivity contribution in [2.24, 2.45) is 0 Å². The first kappa shape index (κ1) is 13.6. The summed E-state index contributed by atoms with van der Waals surface area (Å²) in [6.45, 7) is 3.61. The molecule has 2 aromatic rings. The molecule has 0 saturated carbocycles. The number of nitriles is 1. The van der Waals surface area contributed by atoms with Crippen molar-refractivity contribution in [3.05, 3.63) is 52.8 Å². The molecule has 5 nitrogen and oxygen atoms in total. The average Bonchev–Trinajstić information content (AvgIpc) is 2.38. The normalized spacial score (nSPS) is 9.85. The van der Waals surface area contributed by atoms with Crippen molar-refractivity contribution in [2.45, 2.75) is 13.8 Å². The highest BCUT2D eigenvalue weighted by Gasteiger charge is 2.13. The molecule has 100 valence electrons. The molecule has 0 unspecified atom stereocenters. The van der Waals surface area contributed by atoms with Gasteiger partial charge in [0.1, 0.15) is 6.07 Å². The fraction of sp³-hybridized carbons (Fsp3) is 0.133. The van der Waals surface area contributed by atoms with Crippen LogP contribution in [-0.4, -0.2) is 10.9 Å². The maximum Gasteiger partial charge on any atom is 0.259 e. The van der Waals surface area contributed by atoms with Gasteiger partial charge in [-0.15, -0.1) is 0 Å². The molecule has 0 aliphatic heterocycles. The van der Waals surface area contributed by atoms with Crippen LogP contribution in [0.1, 0.15) is 27.2 Å². The van der Waals surface area contributed by atoms with Gasteiger partial charge in [-0.2, -0.15) is 5.26 Å². The molecule has 1 heterocycles. The first-order valence-electron chi connectivity index (χ1n) is 6.06. The second-order valence-corrected chi connectivity index (χ2v) is 4.48. The summed E-state index contributed by atoms with van der Waals surface area (Å²) in [6.07, 6.45) is 1.43. The number of aryl methyl sites for hydroxylation is 2. The summed E-state index contributed by atoms with van der Waals surface area (Å²) >= 11 is 0. The number of pyridine rings is 1. The molecule has 0 saturated heterocycles. The van der Waals surface area contributed by atoms with Crippen LogP contribution in [0.5, 0.6) is 0 Å². The second-order valence-electron chi connectivity index (χ2n) is 4.48. The van der Waals surface area contributed by atoms with E-state index in [1.165, 1.54) is 6.20 Å². The van der Waals surface area contributed by atoms with Crippen LogP contribution in [0.4, 0.5) is 11.4 Å². The number of nitrogens with one attached hydrogen (secondary N) is 1. The molecule has 1 aromatic carbocycles. The van der Waals surface area contributed by atoms with Gasteiger partial charge in [-0.3, -0.25) is 9.78 Å². The number of carbonyl (C=O) groups excluding carboxylic acids is 1. The number of hydrogen-bond donors (Lipinski definition) is 2. The average molecular weight is 266 g/mol. The van der Waals surface area contributed by atoms with Gasteiger partial charge in [0.15, 0.2) is 0 Å². The van der Waals surface area contributed by atoms with Crippen molar-refractivity contribution in [2.75, 3.05) is 11.1 Å². The largest absolute Gasteiger partial charge is 0.398 e. The Bertz CT molecular complexity index is 716. The molecule has 1 amide bonds. The van der Waals surface area contributed by atoms with Crippen molar-refractivity contribution in [3.8, 4) is 6.07 Å². The van der Waals surface area contributed by atoms with Gasteiger partial charge in [0.05, 0.1) is 16.8 Å². The van der Waals surface area contributed by atoms with E-state index in [4.69, 9.17) is 11.0 Å². The zero-order valence-electron chi connectivity index (χ0n) is 11.3. The third kappa shape index (κ3) is 2.59. The number of anilines is 2. The zero-order chi connectivity index (χ0) is 14.7. The predicted molar refractivity (Wildman–Crippen MR) is 77.2 cm³/mol. The maximum atomic E-state index is 12.2. The van der Waals surface area contributed by atoms with Gasteiger partial charge in [0.25, 0.3) is 5.91 Å². The molecule has 0 fully saturated rings. The number of aromatic nitrogens is 1. The fourth-order valence-corrected chi connectivity index (χ4v) is 1.88. The molecular weight excluding hydrogens is 252 g/mol. The van der Waals surface area contributed by atoms with Gasteiger partial charge in [-0.25, -0.2) is 0 Å². The molecule has 0 aliphatic carbocycles. The van der Waals surface area contributed by atoms with Crippen LogP contribution in [0, 0.1) is 25.2 Å². The Morgan fingerprint density at radius 2 is 2.15 bits per heavy atom. The summed E-state index contributed by atoms with van der Waals surface area (Å²) in [5.74, 6) is -0.378. The number of rotatable bonds is 2. The lowest BCUT2D eigenvalue weighted by molar-refractivity contribution is 0.102. The number of nitrogen functional groups attached to an aromatic ring is 1. The Kier molecular flexibility index (Phi) is 3.67. The van der Waals surface area contributed by atoms with Crippen LogP contribution in [0.15, 0.2) is 30.5 Å². The molecular formula is C15H14N4O. The van der Waals surface area contributed by atoms with E-state index in [0.717, 1.165) is 11.3 Å².